The summed E-state index contributed by atoms with van der Waals surface area (Å²) >= 11 is 0. The molecular weight excluding hydrogens is 238 g/mol. The van der Waals surface area contributed by atoms with Crippen molar-refractivity contribution in [3.05, 3.63) is 34.9 Å². The van der Waals surface area contributed by atoms with Crippen molar-refractivity contribution in [3.8, 4) is 0 Å². The normalized spacial score (nSPS) is 23.1. The SMILES string of the molecule is Cc1ccc(CC(=O)N[C@@H]2CCCC[C@H]2O)cc1C. The summed E-state index contributed by atoms with van der Waals surface area (Å²) < 4.78 is 0. The number of hydrogen-bond acceptors (Lipinski definition) is 2. The first kappa shape index (κ1) is 14.1. The molecule has 3 heteroatoms. The molecule has 0 spiro atoms. The molecule has 104 valence electrons. The third-order valence-electron chi connectivity index (χ3n) is 4.01. The lowest BCUT2D eigenvalue weighted by atomic mass is 9.92. The Morgan fingerprint density at radius 2 is 2.00 bits per heavy atom. The summed E-state index contributed by atoms with van der Waals surface area (Å²) in [6, 6.07) is 6.05. The average Bonchev–Trinajstić information content (AvgIpc) is 2.37. The molecule has 1 aliphatic carbocycles. The van der Waals surface area contributed by atoms with Gasteiger partial charge in [0.2, 0.25) is 5.91 Å². The van der Waals surface area contributed by atoms with E-state index in [-0.39, 0.29) is 18.1 Å². The van der Waals surface area contributed by atoms with Crippen molar-refractivity contribution in [3.63, 3.8) is 0 Å². The van der Waals surface area contributed by atoms with E-state index < -0.39 is 0 Å². The van der Waals surface area contributed by atoms with E-state index in [0.29, 0.717) is 6.42 Å². The number of benzene rings is 1. The summed E-state index contributed by atoms with van der Waals surface area (Å²) in [5.74, 6) is 0.00852. The zero-order valence-corrected chi connectivity index (χ0v) is 11.8. The van der Waals surface area contributed by atoms with Gasteiger partial charge in [-0.1, -0.05) is 31.0 Å². The van der Waals surface area contributed by atoms with Crippen molar-refractivity contribution in [1.29, 1.82) is 0 Å². The van der Waals surface area contributed by atoms with Crippen LogP contribution in [0.5, 0.6) is 0 Å². The minimum atomic E-state index is -0.377. The van der Waals surface area contributed by atoms with Gasteiger partial charge in [-0.05, 0) is 43.4 Å². The lowest BCUT2D eigenvalue weighted by Crippen LogP contribution is -2.45. The maximum atomic E-state index is 12.0. The zero-order valence-electron chi connectivity index (χ0n) is 11.8. The Morgan fingerprint density at radius 1 is 1.26 bits per heavy atom. The van der Waals surface area contributed by atoms with E-state index in [1.165, 1.54) is 11.1 Å². The van der Waals surface area contributed by atoms with E-state index in [1.54, 1.807) is 0 Å². The minimum absolute atomic E-state index is 0.00852. The quantitative estimate of drug-likeness (QED) is 0.877. The lowest BCUT2D eigenvalue weighted by Gasteiger charge is -2.28. The van der Waals surface area contributed by atoms with Crippen molar-refractivity contribution in [2.24, 2.45) is 0 Å². The van der Waals surface area contributed by atoms with Crippen LogP contribution in [0.15, 0.2) is 18.2 Å². The summed E-state index contributed by atoms with van der Waals surface area (Å²) in [5, 5.41) is 12.8. The molecular formula is C16H23NO2. The van der Waals surface area contributed by atoms with Crippen molar-refractivity contribution < 1.29 is 9.90 Å². The van der Waals surface area contributed by atoms with Gasteiger partial charge in [0.05, 0.1) is 18.6 Å². The van der Waals surface area contributed by atoms with E-state index >= 15 is 0 Å². The van der Waals surface area contributed by atoms with Gasteiger partial charge in [-0.25, -0.2) is 0 Å². The standard InChI is InChI=1S/C16H23NO2/c1-11-7-8-13(9-12(11)2)10-16(19)17-14-5-3-4-6-15(14)18/h7-9,14-15,18H,3-6,10H2,1-2H3,(H,17,19)/t14-,15-/m1/s1. The fourth-order valence-electron chi connectivity index (χ4n) is 2.64. The highest BCUT2D eigenvalue weighted by molar-refractivity contribution is 5.79. The predicted octanol–water partition coefficient (Wildman–Crippen LogP) is 2.27. The van der Waals surface area contributed by atoms with Gasteiger partial charge in [0.15, 0.2) is 0 Å². The topological polar surface area (TPSA) is 49.3 Å². The van der Waals surface area contributed by atoms with Gasteiger partial charge in [0.1, 0.15) is 0 Å². The largest absolute Gasteiger partial charge is 0.391 e. The first-order valence-corrected chi connectivity index (χ1v) is 7.10. The fraction of sp³-hybridized carbons (Fsp3) is 0.562. The van der Waals surface area contributed by atoms with Crippen LogP contribution < -0.4 is 5.32 Å². The number of aliphatic hydroxyl groups excluding tert-OH is 1. The summed E-state index contributed by atoms with van der Waals surface area (Å²) in [6.07, 6.45) is 3.85. The number of hydrogen-bond donors (Lipinski definition) is 2. The van der Waals surface area contributed by atoms with E-state index in [4.69, 9.17) is 0 Å². The maximum Gasteiger partial charge on any atom is 0.224 e. The Labute approximate surface area is 115 Å². The predicted molar refractivity (Wildman–Crippen MR) is 76.0 cm³/mol. The molecule has 0 heterocycles. The van der Waals surface area contributed by atoms with Gasteiger partial charge in [0.25, 0.3) is 0 Å². The molecule has 2 N–H and O–H groups in total. The molecule has 2 atom stereocenters. The van der Waals surface area contributed by atoms with Crippen LogP contribution in [-0.2, 0) is 11.2 Å². The van der Waals surface area contributed by atoms with Gasteiger partial charge in [-0.15, -0.1) is 0 Å². The summed E-state index contributed by atoms with van der Waals surface area (Å²) in [7, 11) is 0. The molecule has 0 radical (unpaired) electrons. The van der Waals surface area contributed by atoms with Crippen LogP contribution in [-0.4, -0.2) is 23.2 Å². The smallest absolute Gasteiger partial charge is 0.224 e. The summed E-state index contributed by atoms with van der Waals surface area (Å²) in [4.78, 5) is 12.0. The number of amides is 1. The van der Waals surface area contributed by atoms with Gasteiger partial charge >= 0.3 is 0 Å². The first-order valence-electron chi connectivity index (χ1n) is 7.10. The molecule has 1 aromatic carbocycles. The number of rotatable bonds is 3. The molecule has 0 unspecified atom stereocenters. The Hall–Kier alpha value is -1.35. The van der Waals surface area contributed by atoms with Crippen molar-refractivity contribution >= 4 is 5.91 Å². The van der Waals surface area contributed by atoms with E-state index in [2.05, 4.69) is 25.2 Å². The van der Waals surface area contributed by atoms with Crippen molar-refractivity contribution in [1.82, 2.24) is 5.32 Å². The molecule has 1 fully saturated rings. The fourth-order valence-corrected chi connectivity index (χ4v) is 2.64. The van der Waals surface area contributed by atoms with E-state index in [9.17, 15) is 9.90 Å². The van der Waals surface area contributed by atoms with Crippen LogP contribution in [0.4, 0.5) is 0 Å². The van der Waals surface area contributed by atoms with Crippen LogP contribution in [0.1, 0.15) is 42.4 Å². The van der Waals surface area contributed by atoms with Crippen LogP contribution >= 0.6 is 0 Å². The highest BCUT2D eigenvalue weighted by atomic mass is 16.3. The maximum absolute atomic E-state index is 12.0. The van der Waals surface area contributed by atoms with Crippen LogP contribution in [0.3, 0.4) is 0 Å². The average molecular weight is 261 g/mol. The molecule has 1 aromatic rings. The van der Waals surface area contributed by atoms with Crippen molar-refractivity contribution in [2.75, 3.05) is 0 Å². The number of carbonyl (C=O) groups excluding carboxylic acids is 1. The number of aliphatic hydroxyl groups is 1. The minimum Gasteiger partial charge on any atom is -0.391 e. The van der Waals surface area contributed by atoms with Gasteiger partial charge in [-0.2, -0.15) is 0 Å². The first-order chi connectivity index (χ1) is 9.06. The molecule has 0 bridgehead atoms. The molecule has 2 rings (SSSR count). The molecule has 0 aliphatic heterocycles. The second-order valence-corrected chi connectivity index (χ2v) is 5.62. The van der Waals surface area contributed by atoms with E-state index in [1.807, 2.05) is 12.1 Å². The Balaban J connectivity index is 1.91. The van der Waals surface area contributed by atoms with Crippen LogP contribution in [0.25, 0.3) is 0 Å². The van der Waals surface area contributed by atoms with Gasteiger partial charge in [-0.3, -0.25) is 4.79 Å². The monoisotopic (exact) mass is 261 g/mol. The molecule has 0 aromatic heterocycles. The Bertz CT molecular complexity index is 456. The highest BCUT2D eigenvalue weighted by Crippen LogP contribution is 2.18. The number of carbonyl (C=O) groups is 1. The molecule has 19 heavy (non-hydrogen) atoms. The van der Waals surface area contributed by atoms with Gasteiger partial charge < -0.3 is 10.4 Å². The van der Waals surface area contributed by atoms with Crippen LogP contribution in [0, 0.1) is 13.8 Å². The molecule has 0 saturated heterocycles. The highest BCUT2D eigenvalue weighted by Gasteiger charge is 2.24. The third kappa shape index (κ3) is 3.80. The van der Waals surface area contributed by atoms with Gasteiger partial charge in [0, 0.05) is 0 Å². The number of nitrogens with one attached hydrogen (secondary N) is 1. The Kier molecular flexibility index (Phi) is 4.59. The van der Waals surface area contributed by atoms with Crippen LogP contribution in [0.2, 0.25) is 0 Å². The van der Waals surface area contributed by atoms with E-state index in [0.717, 1.165) is 31.2 Å². The molecule has 1 aliphatic rings. The third-order valence-corrected chi connectivity index (χ3v) is 4.01. The molecule has 3 nitrogen and oxygen atoms in total. The number of aryl methyl sites for hydroxylation is 2. The second-order valence-electron chi connectivity index (χ2n) is 5.62. The second kappa shape index (κ2) is 6.20. The summed E-state index contributed by atoms with van der Waals surface area (Å²) in [6.45, 7) is 4.12. The zero-order chi connectivity index (χ0) is 13.8. The molecule has 1 amide bonds. The Morgan fingerprint density at radius 3 is 2.68 bits per heavy atom. The molecule has 1 saturated carbocycles. The lowest BCUT2D eigenvalue weighted by molar-refractivity contribution is -0.122. The van der Waals surface area contributed by atoms with Crippen molar-refractivity contribution in [2.45, 2.75) is 58.1 Å². The summed E-state index contributed by atoms with van der Waals surface area (Å²) in [5.41, 5.74) is 3.49.